The fraction of sp³-hybridized carbons (Fsp3) is 0.200. The van der Waals surface area contributed by atoms with E-state index in [-0.39, 0.29) is 16.1 Å². The molecule has 10 heteroatoms. The van der Waals surface area contributed by atoms with Gasteiger partial charge in [0.15, 0.2) is 0 Å². The number of aryl methyl sites for hydroxylation is 3. The number of nitrogens with zero attached hydrogens (tertiary/aromatic N) is 2. The van der Waals surface area contributed by atoms with Crippen LogP contribution in [0.25, 0.3) is 0 Å². The number of amides is 1. The van der Waals surface area contributed by atoms with Gasteiger partial charge in [-0.15, -0.1) is 0 Å². The van der Waals surface area contributed by atoms with Crippen LogP contribution in [0.1, 0.15) is 27.8 Å². The van der Waals surface area contributed by atoms with Crippen molar-refractivity contribution in [2.24, 2.45) is 5.10 Å². The number of hydrogen-bond acceptors (Lipinski definition) is 4. The molecule has 0 bridgehead atoms. The molecule has 0 heterocycles. The van der Waals surface area contributed by atoms with Crippen molar-refractivity contribution in [1.29, 1.82) is 0 Å². The Hall–Kier alpha value is -3.66. The largest absolute Gasteiger partial charge is 0.417 e. The average Bonchev–Trinajstić information content (AvgIpc) is 2.79. The molecule has 184 valence electrons. The molecule has 0 saturated carbocycles. The molecule has 0 aromatic heterocycles. The molecular formula is C25H24F3N3O3S. The Morgan fingerprint density at radius 2 is 1.63 bits per heavy atom. The Kier molecular flexibility index (Phi) is 7.64. The Balaban J connectivity index is 1.88. The number of nitrogens with one attached hydrogen (secondary N) is 1. The fourth-order valence-electron chi connectivity index (χ4n) is 3.24. The molecule has 3 aromatic carbocycles. The second-order valence-electron chi connectivity index (χ2n) is 7.97. The SMILES string of the molecule is Cc1ccc(S(=O)(=O)N(CC(=O)N/N=C\c2ccccc2C(F)(F)F)c2ccc(C)c(C)c2)cc1. The van der Waals surface area contributed by atoms with Crippen LogP contribution in [0.15, 0.2) is 76.7 Å². The number of carbonyl (C=O) groups is 1. The number of anilines is 1. The van der Waals surface area contributed by atoms with E-state index in [4.69, 9.17) is 0 Å². The Morgan fingerprint density at radius 3 is 2.26 bits per heavy atom. The van der Waals surface area contributed by atoms with Gasteiger partial charge < -0.3 is 0 Å². The first kappa shape index (κ1) is 26.0. The molecular weight excluding hydrogens is 479 g/mol. The van der Waals surface area contributed by atoms with Gasteiger partial charge >= 0.3 is 6.18 Å². The fourth-order valence-corrected chi connectivity index (χ4v) is 4.65. The first-order valence-corrected chi connectivity index (χ1v) is 12.0. The third-order valence-electron chi connectivity index (χ3n) is 5.33. The molecule has 35 heavy (non-hydrogen) atoms. The lowest BCUT2D eigenvalue weighted by Crippen LogP contribution is -2.39. The van der Waals surface area contributed by atoms with E-state index in [1.165, 1.54) is 30.3 Å². The van der Waals surface area contributed by atoms with Gasteiger partial charge in [-0.1, -0.05) is 42.0 Å². The summed E-state index contributed by atoms with van der Waals surface area (Å²) in [4.78, 5) is 12.6. The number of hydrogen-bond donors (Lipinski definition) is 1. The van der Waals surface area contributed by atoms with E-state index in [9.17, 15) is 26.4 Å². The number of hydrazone groups is 1. The Morgan fingerprint density at radius 1 is 0.971 bits per heavy atom. The van der Waals surface area contributed by atoms with E-state index in [1.54, 1.807) is 30.3 Å². The molecule has 3 aromatic rings. The molecule has 0 aliphatic heterocycles. The summed E-state index contributed by atoms with van der Waals surface area (Å²) in [6, 6.07) is 15.9. The van der Waals surface area contributed by atoms with Gasteiger partial charge in [-0.25, -0.2) is 13.8 Å². The predicted molar refractivity (Wildman–Crippen MR) is 129 cm³/mol. The van der Waals surface area contributed by atoms with Crippen molar-refractivity contribution in [2.45, 2.75) is 31.8 Å². The van der Waals surface area contributed by atoms with Crippen molar-refractivity contribution >= 4 is 27.8 Å². The number of alkyl halides is 3. The third kappa shape index (κ3) is 6.27. The van der Waals surface area contributed by atoms with Crippen molar-refractivity contribution in [3.05, 3.63) is 94.5 Å². The van der Waals surface area contributed by atoms with Crippen LogP contribution in [-0.4, -0.2) is 27.1 Å². The lowest BCUT2D eigenvalue weighted by atomic mass is 10.1. The van der Waals surface area contributed by atoms with Crippen LogP contribution < -0.4 is 9.73 Å². The summed E-state index contributed by atoms with van der Waals surface area (Å²) >= 11 is 0. The van der Waals surface area contributed by atoms with Gasteiger partial charge in [-0.3, -0.25) is 9.10 Å². The summed E-state index contributed by atoms with van der Waals surface area (Å²) in [5.74, 6) is -0.820. The molecule has 0 radical (unpaired) electrons. The number of sulfonamides is 1. The quantitative estimate of drug-likeness (QED) is 0.365. The zero-order valence-electron chi connectivity index (χ0n) is 19.3. The molecule has 0 saturated heterocycles. The van der Waals surface area contributed by atoms with Crippen molar-refractivity contribution in [1.82, 2.24) is 5.43 Å². The second kappa shape index (κ2) is 10.3. The van der Waals surface area contributed by atoms with Gasteiger partial charge in [0, 0.05) is 5.56 Å². The molecule has 1 amide bonds. The Bertz CT molecular complexity index is 1350. The van der Waals surface area contributed by atoms with Crippen molar-refractivity contribution in [3.63, 3.8) is 0 Å². The highest BCUT2D eigenvalue weighted by Crippen LogP contribution is 2.31. The second-order valence-corrected chi connectivity index (χ2v) is 9.83. The smallest absolute Gasteiger partial charge is 0.271 e. The van der Waals surface area contributed by atoms with Gasteiger partial charge in [0.1, 0.15) is 6.54 Å². The standard InChI is InChI=1S/C25H24F3N3O3S/c1-17-8-12-22(13-9-17)35(33,34)31(21-11-10-18(2)19(3)14-21)16-24(32)30-29-15-20-6-4-5-7-23(20)25(26,27)28/h4-15H,16H2,1-3H3,(H,30,32)/b29-15-. The number of benzene rings is 3. The third-order valence-corrected chi connectivity index (χ3v) is 7.12. The maximum Gasteiger partial charge on any atom is 0.417 e. The highest BCUT2D eigenvalue weighted by molar-refractivity contribution is 7.92. The summed E-state index contributed by atoms with van der Waals surface area (Å²) in [6.07, 6.45) is -3.72. The molecule has 3 rings (SSSR count). The van der Waals surface area contributed by atoms with Crippen LogP contribution in [0.5, 0.6) is 0 Å². The zero-order valence-corrected chi connectivity index (χ0v) is 20.1. The number of rotatable bonds is 7. The van der Waals surface area contributed by atoms with Crippen LogP contribution >= 0.6 is 0 Å². The van der Waals surface area contributed by atoms with E-state index in [1.807, 2.05) is 20.8 Å². The molecule has 0 fully saturated rings. The molecule has 0 unspecified atom stereocenters. The molecule has 0 aliphatic carbocycles. The maximum atomic E-state index is 13.4. The van der Waals surface area contributed by atoms with Gasteiger partial charge in [0.2, 0.25) is 0 Å². The van der Waals surface area contributed by atoms with Crippen molar-refractivity contribution in [2.75, 3.05) is 10.8 Å². The minimum atomic E-state index is -4.59. The normalized spacial score (nSPS) is 12.1. The van der Waals surface area contributed by atoms with Crippen molar-refractivity contribution < 1.29 is 26.4 Å². The molecule has 0 atom stereocenters. The van der Waals surface area contributed by atoms with Crippen molar-refractivity contribution in [3.8, 4) is 0 Å². The van der Waals surface area contributed by atoms with Crippen LogP contribution in [-0.2, 0) is 21.0 Å². The summed E-state index contributed by atoms with van der Waals surface area (Å²) in [5, 5.41) is 3.61. The topological polar surface area (TPSA) is 78.8 Å². The summed E-state index contributed by atoms with van der Waals surface area (Å²) in [7, 11) is -4.13. The van der Waals surface area contributed by atoms with Gasteiger partial charge in [-0.2, -0.15) is 18.3 Å². The van der Waals surface area contributed by atoms with Gasteiger partial charge in [-0.05, 0) is 62.2 Å². The first-order chi connectivity index (χ1) is 16.4. The van der Waals surface area contributed by atoms with Gasteiger partial charge in [0.05, 0.1) is 22.4 Å². The monoisotopic (exact) mass is 503 g/mol. The van der Waals surface area contributed by atoms with Crippen LogP contribution in [0.4, 0.5) is 18.9 Å². The molecule has 0 spiro atoms. The van der Waals surface area contributed by atoms with Crippen LogP contribution in [0.2, 0.25) is 0 Å². The highest BCUT2D eigenvalue weighted by atomic mass is 32.2. The molecule has 6 nitrogen and oxygen atoms in total. The lowest BCUT2D eigenvalue weighted by Gasteiger charge is -2.24. The number of carbonyl (C=O) groups excluding carboxylic acids is 1. The zero-order chi connectivity index (χ0) is 25.8. The highest BCUT2D eigenvalue weighted by Gasteiger charge is 2.32. The van der Waals surface area contributed by atoms with Crippen LogP contribution in [0, 0.1) is 20.8 Å². The van der Waals surface area contributed by atoms with E-state index >= 15 is 0 Å². The number of halogens is 3. The maximum absolute atomic E-state index is 13.4. The lowest BCUT2D eigenvalue weighted by molar-refractivity contribution is -0.137. The van der Waals surface area contributed by atoms with E-state index in [0.717, 1.165) is 33.3 Å². The van der Waals surface area contributed by atoms with Gasteiger partial charge in [0.25, 0.3) is 15.9 Å². The average molecular weight is 504 g/mol. The Labute approximate surface area is 202 Å². The minimum Gasteiger partial charge on any atom is -0.271 e. The summed E-state index contributed by atoms with van der Waals surface area (Å²) in [5.41, 5.74) is 3.90. The van der Waals surface area contributed by atoms with Crippen LogP contribution in [0.3, 0.4) is 0 Å². The summed E-state index contributed by atoms with van der Waals surface area (Å²) < 4.78 is 67.2. The van der Waals surface area contributed by atoms with E-state index < -0.39 is 34.2 Å². The van der Waals surface area contributed by atoms with E-state index in [0.29, 0.717) is 0 Å². The van der Waals surface area contributed by atoms with E-state index in [2.05, 4.69) is 10.5 Å². The molecule has 0 aliphatic rings. The minimum absolute atomic E-state index is 0.00302. The molecule has 1 N–H and O–H groups in total. The first-order valence-electron chi connectivity index (χ1n) is 10.5. The predicted octanol–water partition coefficient (Wildman–Crippen LogP) is 4.98. The summed E-state index contributed by atoms with van der Waals surface area (Å²) in [6.45, 7) is 4.88.